The van der Waals surface area contributed by atoms with Crippen LogP contribution in [-0.4, -0.2) is 54.4 Å². The van der Waals surface area contributed by atoms with Crippen LogP contribution in [0.15, 0.2) is 29.4 Å². The van der Waals surface area contributed by atoms with Crippen molar-refractivity contribution in [1.29, 1.82) is 0 Å². The van der Waals surface area contributed by atoms with E-state index in [1.54, 1.807) is 14.1 Å². The molecule has 9 heteroatoms. The Morgan fingerprint density at radius 1 is 1.27 bits per heavy atom. The molecule has 0 heterocycles. The fourth-order valence-electron chi connectivity index (χ4n) is 2.23. The Kier molecular flexibility index (Phi) is 15.3. The number of unbranched alkanes of at least 4 members (excludes halogenated alkanes) is 1. The van der Waals surface area contributed by atoms with Crippen LogP contribution in [0.1, 0.15) is 58.4 Å². The topological polar surface area (TPSA) is 97.3 Å². The normalized spacial score (nSPS) is 11.0. The Morgan fingerprint density at radius 3 is 2.39 bits per heavy atom. The SMILES string of the molecule is C#CCCC=O.C/C(=N\NC(=O)CC(C)(C)S)c1ccc(OCCCC(=O)ON(C)C)cc1. The lowest BCUT2D eigenvalue weighted by molar-refractivity contribution is -0.178. The van der Waals surface area contributed by atoms with Gasteiger partial charge in [0.05, 0.1) is 18.7 Å². The number of rotatable bonds is 12. The maximum atomic E-state index is 11.8. The van der Waals surface area contributed by atoms with E-state index in [0.29, 0.717) is 43.8 Å². The first-order valence-electron chi connectivity index (χ1n) is 10.5. The minimum absolute atomic E-state index is 0.179. The van der Waals surface area contributed by atoms with Crippen molar-refractivity contribution in [3.63, 3.8) is 0 Å². The van der Waals surface area contributed by atoms with E-state index >= 15 is 0 Å². The number of hydroxylamine groups is 2. The molecule has 0 aromatic heterocycles. The van der Waals surface area contributed by atoms with Gasteiger partial charge >= 0.3 is 5.97 Å². The van der Waals surface area contributed by atoms with E-state index in [2.05, 4.69) is 29.1 Å². The number of terminal acetylenes is 1. The number of amides is 1. The van der Waals surface area contributed by atoms with E-state index in [0.717, 1.165) is 11.8 Å². The highest BCUT2D eigenvalue weighted by molar-refractivity contribution is 7.81. The summed E-state index contributed by atoms with van der Waals surface area (Å²) in [4.78, 5) is 37.6. The fraction of sp³-hybridized carbons (Fsp3) is 0.500. The molecule has 0 saturated heterocycles. The molecule has 0 fully saturated rings. The molecule has 0 unspecified atom stereocenters. The average Bonchev–Trinajstić information content (AvgIpc) is 2.73. The number of ether oxygens (including phenoxy) is 1. The monoisotopic (exact) mass is 477 g/mol. The molecule has 0 saturated carbocycles. The minimum Gasteiger partial charge on any atom is -0.494 e. The summed E-state index contributed by atoms with van der Waals surface area (Å²) >= 11 is 4.33. The first-order chi connectivity index (χ1) is 15.5. The highest BCUT2D eigenvalue weighted by Crippen LogP contribution is 2.16. The molecule has 0 aliphatic rings. The van der Waals surface area contributed by atoms with Gasteiger partial charge in [-0.05, 0) is 43.2 Å². The van der Waals surface area contributed by atoms with Crippen molar-refractivity contribution in [1.82, 2.24) is 10.5 Å². The van der Waals surface area contributed by atoms with Gasteiger partial charge in [-0.15, -0.1) is 17.4 Å². The van der Waals surface area contributed by atoms with Crippen LogP contribution in [0.2, 0.25) is 0 Å². The molecular weight excluding hydrogens is 442 g/mol. The predicted molar refractivity (Wildman–Crippen MR) is 133 cm³/mol. The molecule has 8 nitrogen and oxygen atoms in total. The van der Waals surface area contributed by atoms with Crippen molar-refractivity contribution in [2.75, 3.05) is 20.7 Å². The van der Waals surface area contributed by atoms with Crippen LogP contribution in [0.4, 0.5) is 0 Å². The van der Waals surface area contributed by atoms with Crippen LogP contribution in [-0.2, 0) is 19.2 Å². The van der Waals surface area contributed by atoms with Gasteiger partial charge in [0.15, 0.2) is 0 Å². The molecule has 1 rings (SSSR count). The smallest absolute Gasteiger partial charge is 0.325 e. The summed E-state index contributed by atoms with van der Waals surface area (Å²) in [6.07, 6.45) is 7.84. The van der Waals surface area contributed by atoms with E-state index in [1.807, 2.05) is 45.0 Å². The number of hydrazone groups is 1. The van der Waals surface area contributed by atoms with E-state index < -0.39 is 0 Å². The van der Waals surface area contributed by atoms with Crippen LogP contribution in [0.25, 0.3) is 0 Å². The van der Waals surface area contributed by atoms with E-state index in [-0.39, 0.29) is 23.0 Å². The third kappa shape index (κ3) is 17.4. The Labute approximate surface area is 202 Å². The van der Waals surface area contributed by atoms with Gasteiger partial charge in [0.25, 0.3) is 0 Å². The number of nitrogens with zero attached hydrogens (tertiary/aromatic N) is 2. The zero-order valence-corrected chi connectivity index (χ0v) is 21.0. The number of nitrogens with one attached hydrogen (secondary N) is 1. The van der Waals surface area contributed by atoms with Gasteiger partial charge in [0.2, 0.25) is 5.91 Å². The molecular formula is C24H35N3O5S. The summed E-state index contributed by atoms with van der Waals surface area (Å²) in [5.41, 5.74) is 4.11. The van der Waals surface area contributed by atoms with Gasteiger partial charge in [-0.25, -0.2) is 5.43 Å². The number of hydrogen-bond donors (Lipinski definition) is 2. The molecule has 1 aromatic carbocycles. The quantitative estimate of drug-likeness (QED) is 0.120. The van der Waals surface area contributed by atoms with Crippen molar-refractivity contribution >= 4 is 36.5 Å². The second kappa shape index (κ2) is 16.8. The van der Waals surface area contributed by atoms with Crippen molar-refractivity contribution in [2.45, 2.75) is 57.6 Å². The van der Waals surface area contributed by atoms with Crippen LogP contribution in [0.5, 0.6) is 5.75 Å². The highest BCUT2D eigenvalue weighted by atomic mass is 32.1. The van der Waals surface area contributed by atoms with Crippen LogP contribution in [0.3, 0.4) is 0 Å². The lowest BCUT2D eigenvalue weighted by atomic mass is 10.1. The zero-order chi connectivity index (χ0) is 25.3. The average molecular weight is 478 g/mol. The summed E-state index contributed by atoms with van der Waals surface area (Å²) in [6.45, 7) is 5.98. The molecule has 0 spiro atoms. The molecule has 1 aromatic rings. The molecule has 182 valence electrons. The number of carbonyl (C=O) groups is 3. The van der Waals surface area contributed by atoms with Crippen LogP contribution in [0, 0.1) is 12.3 Å². The summed E-state index contributed by atoms with van der Waals surface area (Å²) in [7, 11) is 3.32. The number of hydrogen-bond acceptors (Lipinski definition) is 8. The largest absolute Gasteiger partial charge is 0.494 e. The molecule has 1 amide bonds. The predicted octanol–water partition coefficient (Wildman–Crippen LogP) is 3.40. The van der Waals surface area contributed by atoms with Gasteiger partial charge < -0.3 is 14.4 Å². The van der Waals surface area contributed by atoms with Gasteiger partial charge in [0, 0.05) is 38.1 Å². The number of carbonyl (C=O) groups excluding carboxylic acids is 3. The van der Waals surface area contributed by atoms with E-state index in [9.17, 15) is 14.4 Å². The third-order valence-corrected chi connectivity index (χ3v) is 3.86. The zero-order valence-electron chi connectivity index (χ0n) is 20.1. The molecule has 0 aliphatic carbocycles. The number of benzene rings is 1. The van der Waals surface area contributed by atoms with E-state index in [4.69, 9.17) is 16.0 Å². The first kappa shape index (κ1) is 30.2. The summed E-state index contributed by atoms with van der Waals surface area (Å²) < 4.78 is 5.23. The van der Waals surface area contributed by atoms with Crippen LogP contribution >= 0.6 is 12.6 Å². The van der Waals surface area contributed by atoms with Crippen molar-refractivity contribution in [2.24, 2.45) is 5.10 Å². The van der Waals surface area contributed by atoms with E-state index in [1.165, 1.54) is 5.06 Å². The Bertz CT molecular complexity index is 809. The fourth-order valence-corrected chi connectivity index (χ4v) is 2.38. The minimum atomic E-state index is -0.379. The van der Waals surface area contributed by atoms with Gasteiger partial charge in [-0.2, -0.15) is 17.7 Å². The number of aldehydes is 1. The van der Waals surface area contributed by atoms with Crippen molar-refractivity contribution in [3.8, 4) is 18.1 Å². The first-order valence-corrected chi connectivity index (χ1v) is 11.0. The van der Waals surface area contributed by atoms with Crippen LogP contribution < -0.4 is 10.2 Å². The standard InChI is InChI=1S/C19H29N3O4S.C5H6O/c1-14(20-21-17(23)13-19(2,3)27)15-8-10-16(11-9-15)25-12-6-7-18(24)26-22(4)5;1-2-3-4-5-6/h8-11,27H,6-7,12-13H2,1-5H3,(H,21,23);1,5H,3-4H2/b20-14+;. The third-order valence-electron chi connectivity index (χ3n) is 3.70. The lowest BCUT2D eigenvalue weighted by Gasteiger charge is -2.15. The summed E-state index contributed by atoms with van der Waals surface area (Å²) in [5.74, 6) is 2.58. The van der Waals surface area contributed by atoms with Gasteiger partial charge in [0.1, 0.15) is 12.0 Å². The maximum absolute atomic E-state index is 11.8. The Morgan fingerprint density at radius 2 is 1.91 bits per heavy atom. The molecule has 0 aliphatic heterocycles. The lowest BCUT2D eigenvalue weighted by Crippen LogP contribution is -2.26. The molecule has 0 radical (unpaired) electrons. The van der Waals surface area contributed by atoms with Crippen molar-refractivity contribution < 1.29 is 24.0 Å². The Balaban J connectivity index is 0.00000150. The maximum Gasteiger partial charge on any atom is 0.325 e. The highest BCUT2D eigenvalue weighted by Gasteiger charge is 2.16. The van der Waals surface area contributed by atoms with Crippen molar-refractivity contribution in [3.05, 3.63) is 29.8 Å². The summed E-state index contributed by atoms with van der Waals surface area (Å²) in [5, 5.41) is 5.48. The van der Waals surface area contributed by atoms with Gasteiger partial charge in [-0.1, -0.05) is 13.8 Å². The number of thiol groups is 1. The second-order valence-corrected chi connectivity index (χ2v) is 9.09. The Hall–Kier alpha value is -2.83. The molecule has 1 N–H and O–H groups in total. The second-order valence-electron chi connectivity index (χ2n) is 7.88. The molecule has 33 heavy (non-hydrogen) atoms. The molecule has 0 atom stereocenters. The molecule has 0 bridgehead atoms. The summed E-state index contributed by atoms with van der Waals surface area (Å²) in [6, 6.07) is 7.38. The van der Waals surface area contributed by atoms with Gasteiger partial charge in [-0.3, -0.25) is 9.59 Å².